The first-order chi connectivity index (χ1) is 14.6. The highest BCUT2D eigenvalue weighted by Gasteiger charge is 2.30. The Labute approximate surface area is 185 Å². The van der Waals surface area contributed by atoms with Gasteiger partial charge in [0.1, 0.15) is 17.5 Å². The molecule has 0 bridgehead atoms. The quantitative estimate of drug-likeness (QED) is 0.598. The lowest BCUT2D eigenvalue weighted by Crippen LogP contribution is -2.48. The summed E-state index contributed by atoms with van der Waals surface area (Å²) in [7, 11) is -0.564. The molecule has 170 valence electrons. The van der Waals surface area contributed by atoms with Crippen LogP contribution in [0.3, 0.4) is 0 Å². The molecule has 0 aliphatic rings. The molecule has 0 heterocycles. The van der Waals surface area contributed by atoms with E-state index in [9.17, 15) is 13.2 Å². The van der Waals surface area contributed by atoms with Crippen LogP contribution in [0.4, 0.5) is 5.69 Å². The second kappa shape index (κ2) is 10.5. The van der Waals surface area contributed by atoms with Crippen LogP contribution < -0.4 is 19.1 Å². The molecule has 7 nitrogen and oxygen atoms in total. The Kier molecular flexibility index (Phi) is 8.33. The van der Waals surface area contributed by atoms with Crippen LogP contribution in [-0.4, -0.2) is 40.8 Å². The summed E-state index contributed by atoms with van der Waals surface area (Å²) in [5, 5.41) is 3.04. The Morgan fingerprint density at radius 3 is 1.84 bits per heavy atom. The van der Waals surface area contributed by atoms with Crippen molar-refractivity contribution in [2.45, 2.75) is 39.3 Å². The fraction of sp³-hybridized carbons (Fsp3) is 0.435. The normalized spacial score (nSPS) is 13.4. The molecule has 1 N–H and O–H groups in total. The van der Waals surface area contributed by atoms with Crippen molar-refractivity contribution < 1.29 is 22.7 Å². The second-order valence-corrected chi connectivity index (χ2v) is 9.76. The van der Waals surface area contributed by atoms with Crippen LogP contribution in [0.2, 0.25) is 0 Å². The number of ether oxygens (including phenoxy) is 2. The number of rotatable bonds is 10. The molecule has 2 aromatic carbocycles. The first-order valence-electron chi connectivity index (χ1n) is 10.1. The van der Waals surface area contributed by atoms with Crippen molar-refractivity contribution >= 4 is 21.6 Å². The van der Waals surface area contributed by atoms with E-state index in [1.165, 1.54) is 7.11 Å². The van der Waals surface area contributed by atoms with Crippen LogP contribution in [0.5, 0.6) is 11.5 Å². The molecule has 2 aromatic rings. The third kappa shape index (κ3) is 6.62. The summed E-state index contributed by atoms with van der Waals surface area (Å²) in [6, 6.07) is 12.9. The van der Waals surface area contributed by atoms with Crippen molar-refractivity contribution in [2.24, 2.45) is 5.92 Å². The predicted molar refractivity (Wildman–Crippen MR) is 123 cm³/mol. The predicted octanol–water partition coefficient (Wildman–Crippen LogP) is 3.76. The molecule has 2 atom stereocenters. The van der Waals surface area contributed by atoms with E-state index >= 15 is 0 Å². The number of hydrogen-bond donors (Lipinski definition) is 1. The Morgan fingerprint density at radius 2 is 1.42 bits per heavy atom. The molecule has 0 radical (unpaired) electrons. The zero-order valence-electron chi connectivity index (χ0n) is 19.0. The zero-order chi connectivity index (χ0) is 23.2. The van der Waals surface area contributed by atoms with Crippen LogP contribution in [0.15, 0.2) is 48.5 Å². The van der Waals surface area contributed by atoms with E-state index in [-0.39, 0.29) is 11.9 Å². The van der Waals surface area contributed by atoms with Crippen LogP contribution in [0, 0.1) is 5.92 Å². The molecular formula is C23H32N2O5S. The van der Waals surface area contributed by atoms with Gasteiger partial charge in [-0.2, -0.15) is 0 Å². The Balaban J connectivity index is 2.30. The average Bonchev–Trinajstić information content (AvgIpc) is 2.72. The standard InChI is InChI=1S/C23H32N2O5S/c1-16(2)15-22(18-7-11-20(29-4)12-8-18)24-23(26)17(3)25(31(6,27)28)19-9-13-21(30-5)14-10-19/h7-14,16-17,22H,15H2,1-6H3,(H,24,26). The zero-order valence-corrected chi connectivity index (χ0v) is 19.8. The van der Waals surface area contributed by atoms with E-state index in [1.54, 1.807) is 38.3 Å². The topological polar surface area (TPSA) is 84.9 Å². The van der Waals surface area contributed by atoms with Gasteiger partial charge in [0.25, 0.3) is 0 Å². The third-order valence-electron chi connectivity index (χ3n) is 4.96. The van der Waals surface area contributed by atoms with Crippen LogP contribution in [-0.2, 0) is 14.8 Å². The number of benzene rings is 2. The maximum atomic E-state index is 13.1. The van der Waals surface area contributed by atoms with Crippen molar-refractivity contribution in [2.75, 3.05) is 24.8 Å². The average molecular weight is 449 g/mol. The van der Waals surface area contributed by atoms with Gasteiger partial charge < -0.3 is 14.8 Å². The van der Waals surface area contributed by atoms with E-state index in [1.807, 2.05) is 24.3 Å². The summed E-state index contributed by atoms with van der Waals surface area (Å²) in [4.78, 5) is 13.1. The molecular weight excluding hydrogens is 416 g/mol. The minimum Gasteiger partial charge on any atom is -0.497 e. The van der Waals surface area contributed by atoms with Gasteiger partial charge in [0.05, 0.1) is 32.2 Å². The summed E-state index contributed by atoms with van der Waals surface area (Å²) in [6.45, 7) is 5.74. The van der Waals surface area contributed by atoms with E-state index in [0.717, 1.165) is 21.9 Å². The van der Waals surface area contributed by atoms with Crippen LogP contribution in [0.1, 0.15) is 38.8 Å². The minimum absolute atomic E-state index is 0.252. The largest absolute Gasteiger partial charge is 0.497 e. The number of sulfonamides is 1. The Hall–Kier alpha value is -2.74. The summed E-state index contributed by atoms with van der Waals surface area (Å²) in [5.41, 5.74) is 1.33. The maximum absolute atomic E-state index is 13.1. The van der Waals surface area contributed by atoms with Gasteiger partial charge in [-0.25, -0.2) is 8.42 Å². The first kappa shape index (κ1) is 24.5. The molecule has 31 heavy (non-hydrogen) atoms. The molecule has 0 aromatic heterocycles. The van der Waals surface area contributed by atoms with E-state index in [4.69, 9.17) is 9.47 Å². The molecule has 0 saturated heterocycles. The number of nitrogens with zero attached hydrogens (tertiary/aromatic N) is 1. The van der Waals surface area contributed by atoms with Crippen molar-refractivity contribution in [1.29, 1.82) is 0 Å². The number of methoxy groups -OCH3 is 2. The molecule has 8 heteroatoms. The van der Waals surface area contributed by atoms with Gasteiger partial charge in [0, 0.05) is 0 Å². The molecule has 2 rings (SSSR count). The summed E-state index contributed by atoms with van der Waals surface area (Å²) < 4.78 is 36.6. The number of carbonyl (C=O) groups excluding carboxylic acids is 1. The van der Waals surface area contributed by atoms with E-state index in [0.29, 0.717) is 23.8 Å². The smallest absolute Gasteiger partial charge is 0.244 e. The van der Waals surface area contributed by atoms with E-state index < -0.39 is 16.1 Å². The first-order valence-corrected chi connectivity index (χ1v) is 12.0. The highest BCUT2D eigenvalue weighted by Crippen LogP contribution is 2.26. The van der Waals surface area contributed by atoms with Gasteiger partial charge in [-0.15, -0.1) is 0 Å². The molecule has 0 aliphatic heterocycles. The van der Waals surface area contributed by atoms with Crippen molar-refractivity contribution in [3.63, 3.8) is 0 Å². The fourth-order valence-electron chi connectivity index (χ4n) is 3.42. The molecule has 1 amide bonds. The van der Waals surface area contributed by atoms with E-state index in [2.05, 4.69) is 19.2 Å². The van der Waals surface area contributed by atoms with Crippen molar-refractivity contribution in [3.05, 3.63) is 54.1 Å². The summed E-state index contributed by atoms with van der Waals surface area (Å²) in [6.07, 6.45) is 1.81. The maximum Gasteiger partial charge on any atom is 0.244 e. The SMILES string of the molecule is COc1ccc(C(CC(C)C)NC(=O)C(C)N(c2ccc(OC)cc2)S(C)(=O)=O)cc1. The molecule has 0 spiro atoms. The molecule has 0 fully saturated rings. The van der Waals surface area contributed by atoms with Crippen molar-refractivity contribution in [3.8, 4) is 11.5 Å². The Morgan fingerprint density at radius 1 is 0.935 bits per heavy atom. The highest BCUT2D eigenvalue weighted by atomic mass is 32.2. The van der Waals surface area contributed by atoms with Gasteiger partial charge in [0.2, 0.25) is 15.9 Å². The lowest BCUT2D eigenvalue weighted by atomic mass is 9.96. The number of amides is 1. The lowest BCUT2D eigenvalue weighted by Gasteiger charge is -2.30. The molecule has 0 aliphatic carbocycles. The molecule has 2 unspecified atom stereocenters. The fourth-order valence-corrected chi connectivity index (χ4v) is 4.59. The number of nitrogens with one attached hydrogen (secondary N) is 1. The molecule has 0 saturated carbocycles. The van der Waals surface area contributed by atoms with Gasteiger partial charge in [0.15, 0.2) is 0 Å². The third-order valence-corrected chi connectivity index (χ3v) is 6.20. The highest BCUT2D eigenvalue weighted by molar-refractivity contribution is 7.92. The minimum atomic E-state index is -3.70. The van der Waals surface area contributed by atoms with Crippen LogP contribution >= 0.6 is 0 Å². The monoisotopic (exact) mass is 448 g/mol. The van der Waals surface area contributed by atoms with Crippen molar-refractivity contribution in [1.82, 2.24) is 5.32 Å². The van der Waals surface area contributed by atoms with Gasteiger partial charge in [-0.1, -0.05) is 26.0 Å². The second-order valence-electron chi connectivity index (χ2n) is 7.90. The van der Waals surface area contributed by atoms with Gasteiger partial charge >= 0.3 is 0 Å². The summed E-state index contributed by atoms with van der Waals surface area (Å²) >= 11 is 0. The van der Waals surface area contributed by atoms with Crippen LogP contribution in [0.25, 0.3) is 0 Å². The van der Waals surface area contributed by atoms with Gasteiger partial charge in [-0.3, -0.25) is 9.10 Å². The lowest BCUT2D eigenvalue weighted by molar-refractivity contribution is -0.122. The Bertz CT molecular complexity index is 956. The number of carbonyl (C=O) groups is 1. The van der Waals surface area contributed by atoms with Gasteiger partial charge in [-0.05, 0) is 61.2 Å². The number of anilines is 1. The number of hydrogen-bond acceptors (Lipinski definition) is 5. The summed E-state index contributed by atoms with van der Waals surface area (Å²) in [5.74, 6) is 1.29.